The fourth-order valence-corrected chi connectivity index (χ4v) is 1.87. The molecule has 1 N–H and O–H groups in total. The van der Waals surface area contributed by atoms with Crippen LogP contribution in [0.5, 0.6) is 0 Å². The zero-order valence-electron chi connectivity index (χ0n) is 11.0. The molecule has 0 aliphatic carbocycles. The van der Waals surface area contributed by atoms with Crippen LogP contribution in [0, 0.1) is 0 Å². The molecule has 0 aromatic heterocycles. The highest BCUT2D eigenvalue weighted by Gasteiger charge is 1.94. The fraction of sp³-hybridized carbons (Fsp3) is 0.312. The molecule has 0 saturated carbocycles. The lowest BCUT2D eigenvalue weighted by Crippen LogP contribution is -2.23. The first-order chi connectivity index (χ1) is 9.33. The minimum Gasteiger partial charge on any atom is -0.352 e. The van der Waals surface area contributed by atoms with Crippen LogP contribution in [0.15, 0.2) is 54.6 Å². The van der Waals surface area contributed by atoms with E-state index in [1.54, 1.807) is 12.2 Å². The molecule has 102 valence electrons. The number of carbonyl (C=O) groups is 1. The van der Waals surface area contributed by atoms with Crippen LogP contribution in [0.2, 0.25) is 0 Å². The van der Waals surface area contributed by atoms with E-state index in [1.807, 2.05) is 24.3 Å². The molecular weight excluding hydrogens is 302 g/mol. The van der Waals surface area contributed by atoms with E-state index < -0.39 is 0 Å². The van der Waals surface area contributed by atoms with Crippen molar-refractivity contribution in [3.63, 3.8) is 0 Å². The minimum atomic E-state index is -0.0407. The number of amides is 1. The van der Waals surface area contributed by atoms with Crippen molar-refractivity contribution in [3.8, 4) is 0 Å². The van der Waals surface area contributed by atoms with Crippen molar-refractivity contribution >= 4 is 21.8 Å². The topological polar surface area (TPSA) is 29.1 Å². The van der Waals surface area contributed by atoms with Gasteiger partial charge in [-0.15, -0.1) is 0 Å². The maximum absolute atomic E-state index is 11.5. The molecule has 1 aromatic rings. The smallest absolute Gasteiger partial charge is 0.243 e. The number of rotatable bonds is 8. The van der Waals surface area contributed by atoms with Crippen molar-refractivity contribution < 1.29 is 4.79 Å². The van der Waals surface area contributed by atoms with Crippen molar-refractivity contribution in [2.45, 2.75) is 19.3 Å². The normalized spacial score (nSPS) is 11.2. The number of allylic oxidation sites excluding steroid dienone is 3. The van der Waals surface area contributed by atoms with E-state index in [0.29, 0.717) is 6.54 Å². The quantitative estimate of drug-likeness (QED) is 0.337. The third kappa shape index (κ3) is 8.38. The van der Waals surface area contributed by atoms with Gasteiger partial charge in [-0.3, -0.25) is 4.79 Å². The minimum absolute atomic E-state index is 0.0407. The molecule has 1 aromatic carbocycles. The van der Waals surface area contributed by atoms with E-state index in [2.05, 4.69) is 39.5 Å². The molecule has 0 saturated heterocycles. The second kappa shape index (κ2) is 10.6. The largest absolute Gasteiger partial charge is 0.352 e. The molecule has 1 rings (SSSR count). The standard InChI is InChI=1S/C16H20BrNO/c17-13-8-3-1-2-7-11-16(19)18-14-12-15-9-5-4-6-10-15/h1-2,4-7,9-11H,3,8,12-14H2,(H,18,19)/b2-1+,11-7+. The fourth-order valence-electron chi connectivity index (χ4n) is 1.55. The Kier molecular flexibility index (Phi) is 8.73. The summed E-state index contributed by atoms with van der Waals surface area (Å²) in [5, 5.41) is 3.88. The van der Waals surface area contributed by atoms with Gasteiger partial charge in [-0.2, -0.15) is 0 Å². The highest BCUT2D eigenvalue weighted by molar-refractivity contribution is 9.09. The van der Waals surface area contributed by atoms with Crippen molar-refractivity contribution in [1.29, 1.82) is 0 Å². The first kappa shape index (κ1) is 15.7. The molecule has 3 heteroatoms. The molecule has 0 atom stereocenters. The predicted molar refractivity (Wildman–Crippen MR) is 84.5 cm³/mol. The van der Waals surface area contributed by atoms with Gasteiger partial charge in [0.1, 0.15) is 0 Å². The lowest BCUT2D eigenvalue weighted by atomic mass is 10.1. The summed E-state index contributed by atoms with van der Waals surface area (Å²) in [7, 11) is 0. The highest BCUT2D eigenvalue weighted by Crippen LogP contribution is 1.98. The van der Waals surface area contributed by atoms with Gasteiger partial charge in [-0.25, -0.2) is 0 Å². The van der Waals surface area contributed by atoms with Gasteiger partial charge in [0.15, 0.2) is 0 Å². The van der Waals surface area contributed by atoms with E-state index in [-0.39, 0.29) is 5.91 Å². The van der Waals surface area contributed by atoms with Crippen LogP contribution in [-0.4, -0.2) is 17.8 Å². The Labute approximate surface area is 123 Å². The van der Waals surface area contributed by atoms with Crippen LogP contribution in [0.3, 0.4) is 0 Å². The van der Waals surface area contributed by atoms with Gasteiger partial charge in [0.25, 0.3) is 0 Å². The number of halogens is 1. The number of unbranched alkanes of at least 4 members (excludes halogenated alkanes) is 1. The van der Waals surface area contributed by atoms with Crippen LogP contribution < -0.4 is 5.32 Å². The Balaban J connectivity index is 2.14. The summed E-state index contributed by atoms with van der Waals surface area (Å²) in [5.74, 6) is -0.0407. The lowest BCUT2D eigenvalue weighted by molar-refractivity contribution is -0.116. The Morgan fingerprint density at radius 3 is 2.74 bits per heavy atom. The molecule has 19 heavy (non-hydrogen) atoms. The van der Waals surface area contributed by atoms with E-state index in [9.17, 15) is 4.79 Å². The van der Waals surface area contributed by atoms with Crippen molar-refractivity contribution in [1.82, 2.24) is 5.32 Å². The first-order valence-electron chi connectivity index (χ1n) is 6.54. The zero-order chi connectivity index (χ0) is 13.8. The van der Waals surface area contributed by atoms with Gasteiger partial charge >= 0.3 is 0 Å². The van der Waals surface area contributed by atoms with Crippen LogP contribution in [0.4, 0.5) is 0 Å². The maximum atomic E-state index is 11.5. The van der Waals surface area contributed by atoms with Gasteiger partial charge in [-0.05, 0) is 24.8 Å². The van der Waals surface area contributed by atoms with Gasteiger partial charge in [0.05, 0.1) is 0 Å². The summed E-state index contributed by atoms with van der Waals surface area (Å²) in [6.07, 6.45) is 10.3. The zero-order valence-corrected chi connectivity index (χ0v) is 12.6. The average molecular weight is 322 g/mol. The summed E-state index contributed by atoms with van der Waals surface area (Å²) in [6.45, 7) is 0.667. The number of carbonyl (C=O) groups excluding carboxylic acids is 1. The molecule has 0 radical (unpaired) electrons. The second-order valence-electron chi connectivity index (χ2n) is 4.15. The van der Waals surface area contributed by atoms with E-state index >= 15 is 0 Å². The maximum Gasteiger partial charge on any atom is 0.243 e. The second-order valence-corrected chi connectivity index (χ2v) is 4.94. The summed E-state index contributed by atoms with van der Waals surface area (Å²) in [5.41, 5.74) is 1.24. The summed E-state index contributed by atoms with van der Waals surface area (Å²) >= 11 is 3.37. The monoisotopic (exact) mass is 321 g/mol. The van der Waals surface area contributed by atoms with Gasteiger partial charge in [0.2, 0.25) is 5.91 Å². The van der Waals surface area contributed by atoms with Crippen molar-refractivity contribution in [2.24, 2.45) is 0 Å². The first-order valence-corrected chi connectivity index (χ1v) is 7.66. The van der Waals surface area contributed by atoms with E-state index in [1.165, 1.54) is 5.56 Å². The molecule has 0 aliphatic rings. The van der Waals surface area contributed by atoms with E-state index in [0.717, 1.165) is 24.6 Å². The molecule has 0 fully saturated rings. The van der Waals surface area contributed by atoms with E-state index in [4.69, 9.17) is 0 Å². The molecule has 0 aliphatic heterocycles. The summed E-state index contributed by atoms with van der Waals surface area (Å²) < 4.78 is 0. The summed E-state index contributed by atoms with van der Waals surface area (Å²) in [6, 6.07) is 10.1. The average Bonchev–Trinajstić information content (AvgIpc) is 2.44. The van der Waals surface area contributed by atoms with Crippen molar-refractivity contribution in [3.05, 3.63) is 60.2 Å². The number of alkyl halides is 1. The van der Waals surface area contributed by atoms with Crippen LogP contribution in [0.1, 0.15) is 18.4 Å². The molecule has 0 bridgehead atoms. The lowest BCUT2D eigenvalue weighted by Gasteiger charge is -2.01. The number of hydrogen-bond acceptors (Lipinski definition) is 1. The van der Waals surface area contributed by atoms with Gasteiger partial charge in [-0.1, -0.05) is 64.5 Å². The third-order valence-electron chi connectivity index (χ3n) is 2.55. The Morgan fingerprint density at radius 1 is 1.21 bits per heavy atom. The molecule has 2 nitrogen and oxygen atoms in total. The van der Waals surface area contributed by atoms with Crippen LogP contribution in [0.25, 0.3) is 0 Å². The number of hydrogen-bond donors (Lipinski definition) is 1. The molecular formula is C16H20BrNO. The number of benzene rings is 1. The van der Waals surface area contributed by atoms with Crippen LogP contribution >= 0.6 is 15.9 Å². The Bertz CT molecular complexity index is 412. The molecule has 1 amide bonds. The SMILES string of the molecule is O=C(/C=C/C=C/CCCBr)NCCc1ccccc1. The molecule has 0 heterocycles. The van der Waals surface area contributed by atoms with Crippen LogP contribution in [-0.2, 0) is 11.2 Å². The molecule has 0 spiro atoms. The van der Waals surface area contributed by atoms with Crippen molar-refractivity contribution in [2.75, 3.05) is 11.9 Å². The third-order valence-corrected chi connectivity index (χ3v) is 3.12. The predicted octanol–water partition coefficient (Wildman–Crippen LogP) is 3.63. The number of nitrogens with one attached hydrogen (secondary N) is 1. The molecule has 0 unspecified atom stereocenters. The van der Waals surface area contributed by atoms with Gasteiger partial charge in [0, 0.05) is 18.0 Å². The summed E-state index contributed by atoms with van der Waals surface area (Å²) in [4.78, 5) is 11.5. The highest BCUT2D eigenvalue weighted by atomic mass is 79.9. The Hall–Kier alpha value is -1.35. The van der Waals surface area contributed by atoms with Gasteiger partial charge < -0.3 is 5.32 Å². The Morgan fingerprint density at radius 2 is 2.00 bits per heavy atom.